The van der Waals surface area contributed by atoms with Gasteiger partial charge in [0.05, 0.1) is 5.56 Å². The fourth-order valence-electron chi connectivity index (χ4n) is 1.64. The van der Waals surface area contributed by atoms with Crippen LogP contribution in [-0.4, -0.2) is 24.8 Å². The van der Waals surface area contributed by atoms with Crippen LogP contribution in [0.2, 0.25) is 0 Å². The zero-order chi connectivity index (χ0) is 14.6. The molecule has 0 heterocycles. The molecule has 5 heteroatoms. The van der Waals surface area contributed by atoms with E-state index in [2.05, 4.69) is 0 Å². The predicted molar refractivity (Wildman–Crippen MR) is 67.8 cm³/mol. The number of rotatable bonds is 4. The standard InChI is InChI=1S/C14H16F3NO/c1-4-10(9-18(2)3)13(19)11-6-5-7-12(8-11)14(15,16)17/h5-9H,4H2,1-3H3/b10-9+. The zero-order valence-corrected chi connectivity index (χ0v) is 11.1. The van der Waals surface area contributed by atoms with E-state index in [1.807, 2.05) is 0 Å². The fourth-order valence-corrected chi connectivity index (χ4v) is 1.64. The topological polar surface area (TPSA) is 20.3 Å². The second kappa shape index (κ2) is 5.91. The largest absolute Gasteiger partial charge is 0.416 e. The molecular formula is C14H16F3NO. The Balaban J connectivity index is 3.13. The van der Waals surface area contributed by atoms with Crippen molar-refractivity contribution in [1.82, 2.24) is 4.90 Å². The minimum atomic E-state index is -4.44. The van der Waals surface area contributed by atoms with Gasteiger partial charge in [-0.15, -0.1) is 0 Å². The second-order valence-corrected chi connectivity index (χ2v) is 4.38. The monoisotopic (exact) mass is 271 g/mol. The third-order valence-corrected chi connectivity index (χ3v) is 2.54. The van der Waals surface area contributed by atoms with E-state index in [0.717, 1.165) is 12.1 Å². The lowest BCUT2D eigenvalue weighted by atomic mass is 10.00. The molecule has 0 aromatic heterocycles. The van der Waals surface area contributed by atoms with Crippen LogP contribution in [0.1, 0.15) is 29.3 Å². The maximum atomic E-state index is 12.6. The molecule has 0 N–H and O–H groups in total. The van der Waals surface area contributed by atoms with E-state index in [1.54, 1.807) is 32.1 Å². The summed E-state index contributed by atoms with van der Waals surface area (Å²) in [5.41, 5.74) is -0.271. The van der Waals surface area contributed by atoms with Crippen LogP contribution in [0.3, 0.4) is 0 Å². The molecule has 1 aromatic rings. The number of allylic oxidation sites excluding steroid dienone is 1. The van der Waals surface area contributed by atoms with Gasteiger partial charge in [0.2, 0.25) is 0 Å². The first-order valence-corrected chi connectivity index (χ1v) is 5.84. The van der Waals surface area contributed by atoms with E-state index in [9.17, 15) is 18.0 Å². The summed E-state index contributed by atoms with van der Waals surface area (Å²) in [5, 5.41) is 0. The van der Waals surface area contributed by atoms with Crippen molar-refractivity contribution in [1.29, 1.82) is 0 Å². The normalized spacial score (nSPS) is 12.4. The van der Waals surface area contributed by atoms with Gasteiger partial charge in [-0.3, -0.25) is 4.79 Å². The van der Waals surface area contributed by atoms with Crippen molar-refractivity contribution >= 4 is 5.78 Å². The first-order valence-electron chi connectivity index (χ1n) is 5.84. The Morgan fingerprint density at radius 3 is 2.42 bits per heavy atom. The Kier molecular flexibility index (Phi) is 4.75. The summed E-state index contributed by atoms with van der Waals surface area (Å²) in [6.45, 7) is 1.79. The number of carbonyl (C=O) groups excluding carboxylic acids is 1. The van der Waals surface area contributed by atoms with E-state index >= 15 is 0 Å². The molecule has 1 rings (SSSR count). The van der Waals surface area contributed by atoms with Crippen molar-refractivity contribution in [3.63, 3.8) is 0 Å². The number of hydrogen-bond donors (Lipinski definition) is 0. The van der Waals surface area contributed by atoms with Crippen molar-refractivity contribution in [2.75, 3.05) is 14.1 Å². The van der Waals surface area contributed by atoms with Crippen molar-refractivity contribution in [2.45, 2.75) is 19.5 Å². The van der Waals surface area contributed by atoms with E-state index in [4.69, 9.17) is 0 Å². The van der Waals surface area contributed by atoms with Crippen LogP contribution in [0.25, 0.3) is 0 Å². The first-order chi connectivity index (χ1) is 8.75. The highest BCUT2D eigenvalue weighted by molar-refractivity contribution is 6.08. The highest BCUT2D eigenvalue weighted by Crippen LogP contribution is 2.30. The number of benzene rings is 1. The minimum Gasteiger partial charge on any atom is -0.383 e. The van der Waals surface area contributed by atoms with E-state index in [0.29, 0.717) is 12.0 Å². The molecule has 0 fully saturated rings. The molecule has 0 saturated heterocycles. The van der Waals surface area contributed by atoms with Crippen molar-refractivity contribution in [2.24, 2.45) is 0 Å². The van der Waals surface area contributed by atoms with Crippen molar-refractivity contribution < 1.29 is 18.0 Å². The molecule has 0 radical (unpaired) electrons. The van der Waals surface area contributed by atoms with Gasteiger partial charge in [0.15, 0.2) is 5.78 Å². The van der Waals surface area contributed by atoms with Gasteiger partial charge in [0.1, 0.15) is 0 Å². The van der Waals surface area contributed by atoms with Gasteiger partial charge in [0, 0.05) is 31.4 Å². The zero-order valence-electron chi connectivity index (χ0n) is 11.1. The molecule has 0 amide bonds. The van der Waals surface area contributed by atoms with Gasteiger partial charge in [-0.05, 0) is 18.6 Å². The second-order valence-electron chi connectivity index (χ2n) is 4.38. The van der Waals surface area contributed by atoms with Crippen molar-refractivity contribution in [3.05, 3.63) is 47.2 Å². The van der Waals surface area contributed by atoms with Gasteiger partial charge >= 0.3 is 6.18 Å². The summed E-state index contributed by atoms with van der Waals surface area (Å²) in [7, 11) is 3.52. The van der Waals surface area contributed by atoms with Crippen LogP contribution in [-0.2, 0) is 6.18 Å². The molecule has 19 heavy (non-hydrogen) atoms. The Labute approximate surface area is 110 Å². The predicted octanol–water partition coefficient (Wildman–Crippen LogP) is 3.74. The molecule has 0 aliphatic rings. The van der Waals surface area contributed by atoms with Crippen LogP contribution >= 0.6 is 0 Å². The van der Waals surface area contributed by atoms with Crippen LogP contribution in [0.5, 0.6) is 0 Å². The maximum absolute atomic E-state index is 12.6. The van der Waals surface area contributed by atoms with Gasteiger partial charge in [-0.1, -0.05) is 19.1 Å². The molecular weight excluding hydrogens is 255 g/mol. The Morgan fingerprint density at radius 2 is 1.95 bits per heavy atom. The molecule has 0 aliphatic carbocycles. The average Bonchev–Trinajstić information content (AvgIpc) is 2.34. The van der Waals surface area contributed by atoms with Crippen LogP contribution < -0.4 is 0 Å². The third kappa shape index (κ3) is 4.12. The molecule has 0 unspecified atom stereocenters. The maximum Gasteiger partial charge on any atom is 0.416 e. The van der Waals surface area contributed by atoms with Crippen molar-refractivity contribution in [3.8, 4) is 0 Å². The summed E-state index contributed by atoms with van der Waals surface area (Å²) in [4.78, 5) is 13.8. The highest BCUT2D eigenvalue weighted by atomic mass is 19.4. The molecule has 2 nitrogen and oxygen atoms in total. The lowest BCUT2D eigenvalue weighted by Crippen LogP contribution is -2.11. The number of carbonyl (C=O) groups is 1. The molecule has 1 aromatic carbocycles. The summed E-state index contributed by atoms with van der Waals surface area (Å²) in [6.07, 6.45) is -2.34. The number of nitrogens with zero attached hydrogens (tertiary/aromatic N) is 1. The summed E-state index contributed by atoms with van der Waals surface area (Å²) < 4.78 is 37.8. The Morgan fingerprint density at radius 1 is 1.32 bits per heavy atom. The summed E-state index contributed by atoms with van der Waals surface area (Å²) in [5.74, 6) is -0.373. The van der Waals surface area contributed by atoms with E-state index in [-0.39, 0.29) is 11.3 Å². The molecule has 0 aliphatic heterocycles. The van der Waals surface area contributed by atoms with Crippen LogP contribution in [0.4, 0.5) is 13.2 Å². The number of hydrogen-bond acceptors (Lipinski definition) is 2. The minimum absolute atomic E-state index is 0.0600. The van der Waals surface area contributed by atoms with Crippen LogP contribution in [0, 0.1) is 0 Å². The quantitative estimate of drug-likeness (QED) is 0.614. The Bertz CT molecular complexity index is 490. The number of alkyl halides is 3. The van der Waals surface area contributed by atoms with Gasteiger partial charge in [-0.25, -0.2) is 0 Å². The molecule has 104 valence electrons. The van der Waals surface area contributed by atoms with Gasteiger partial charge < -0.3 is 4.90 Å². The lowest BCUT2D eigenvalue weighted by molar-refractivity contribution is -0.137. The molecule has 0 spiro atoms. The lowest BCUT2D eigenvalue weighted by Gasteiger charge is -2.11. The summed E-state index contributed by atoms with van der Waals surface area (Å²) >= 11 is 0. The molecule has 0 bridgehead atoms. The highest BCUT2D eigenvalue weighted by Gasteiger charge is 2.31. The Hall–Kier alpha value is -1.78. The van der Waals surface area contributed by atoms with E-state index < -0.39 is 11.7 Å². The SMILES string of the molecule is CC/C(=C\N(C)C)C(=O)c1cccc(C(F)(F)F)c1. The molecule has 0 atom stereocenters. The smallest absolute Gasteiger partial charge is 0.383 e. The number of Topliss-reactive ketones (excluding diaryl/α,β-unsaturated/α-hetero) is 1. The van der Waals surface area contributed by atoms with Gasteiger partial charge in [0.25, 0.3) is 0 Å². The fraction of sp³-hybridized carbons (Fsp3) is 0.357. The number of ketones is 1. The third-order valence-electron chi connectivity index (χ3n) is 2.54. The number of halogens is 3. The van der Waals surface area contributed by atoms with Crippen LogP contribution in [0.15, 0.2) is 36.0 Å². The van der Waals surface area contributed by atoms with Gasteiger partial charge in [-0.2, -0.15) is 13.2 Å². The first kappa shape index (κ1) is 15.3. The van der Waals surface area contributed by atoms with E-state index in [1.165, 1.54) is 12.1 Å². The average molecular weight is 271 g/mol. The summed E-state index contributed by atoms with van der Waals surface area (Å²) in [6, 6.07) is 4.50. The molecule has 0 saturated carbocycles.